The topological polar surface area (TPSA) is 57.3 Å². The summed E-state index contributed by atoms with van der Waals surface area (Å²) in [6.07, 6.45) is -0.0197. The van der Waals surface area contributed by atoms with Crippen LogP contribution in [0.4, 0.5) is 0 Å². The average Bonchev–Trinajstić information content (AvgIpc) is 2.61. The van der Waals surface area contributed by atoms with Crippen LogP contribution in [-0.2, 0) is 6.54 Å². The lowest BCUT2D eigenvalue weighted by Crippen LogP contribution is -3.09. The van der Waals surface area contributed by atoms with Gasteiger partial charge in [-0.15, -0.1) is 0 Å². The van der Waals surface area contributed by atoms with Gasteiger partial charge >= 0.3 is 0 Å². The molecule has 1 N–H and O–H groups in total. The first-order chi connectivity index (χ1) is 12.6. The number of fused-ring (bicyclic) bond motifs is 2. The maximum absolute atomic E-state index is 12.4. The summed E-state index contributed by atoms with van der Waals surface area (Å²) < 4.78 is 13.4. The Morgan fingerprint density at radius 1 is 1.19 bits per heavy atom. The number of aromatic nitrogens is 2. The van der Waals surface area contributed by atoms with E-state index in [1.165, 1.54) is 4.90 Å². The Labute approximate surface area is 151 Å². The molecule has 26 heavy (non-hydrogen) atoms. The van der Waals surface area contributed by atoms with E-state index in [0.29, 0.717) is 18.8 Å². The molecule has 2 atom stereocenters. The molecule has 0 spiro atoms. The minimum Gasteiger partial charge on any atom is -0.486 e. The lowest BCUT2D eigenvalue weighted by Gasteiger charge is -2.27. The summed E-state index contributed by atoms with van der Waals surface area (Å²) in [4.78, 5) is 18.2. The molecule has 1 aliphatic rings. The SMILES string of the molecule is Cc1cccc2nc(C[NH+](C)C[C@@H]3COc4ccccc4O3)cc(=O)n12. The number of quaternary nitrogens is 1. The fraction of sp³-hybridized carbons (Fsp3) is 0.300. The van der Waals surface area contributed by atoms with Crippen LogP contribution >= 0.6 is 0 Å². The van der Waals surface area contributed by atoms with Crippen LogP contribution in [0.2, 0.25) is 0 Å². The van der Waals surface area contributed by atoms with Gasteiger partial charge in [-0.3, -0.25) is 9.20 Å². The third-order valence-corrected chi connectivity index (χ3v) is 4.56. The van der Waals surface area contributed by atoms with Crippen LogP contribution in [-0.4, -0.2) is 35.7 Å². The van der Waals surface area contributed by atoms with Crippen molar-refractivity contribution >= 4 is 5.65 Å². The number of benzene rings is 1. The Morgan fingerprint density at radius 3 is 2.85 bits per heavy atom. The number of aryl methyl sites for hydroxylation is 1. The first-order valence-corrected chi connectivity index (χ1v) is 8.78. The molecule has 1 aliphatic heterocycles. The molecule has 3 heterocycles. The quantitative estimate of drug-likeness (QED) is 0.757. The van der Waals surface area contributed by atoms with E-state index in [2.05, 4.69) is 12.0 Å². The number of likely N-dealkylation sites (N-methyl/N-ethyl adjacent to an activating group) is 1. The number of para-hydroxylation sites is 2. The number of rotatable bonds is 4. The Kier molecular flexibility index (Phi) is 4.34. The van der Waals surface area contributed by atoms with Crippen molar-refractivity contribution in [2.45, 2.75) is 19.6 Å². The number of ether oxygens (including phenoxy) is 2. The highest BCUT2D eigenvalue weighted by molar-refractivity contribution is 5.41. The number of nitrogens with zero attached hydrogens (tertiary/aromatic N) is 2. The van der Waals surface area contributed by atoms with Crippen LogP contribution < -0.4 is 19.9 Å². The molecule has 0 fully saturated rings. The van der Waals surface area contributed by atoms with Gasteiger partial charge in [0.2, 0.25) is 0 Å². The molecule has 6 heteroatoms. The van der Waals surface area contributed by atoms with Crippen molar-refractivity contribution in [3.05, 3.63) is 70.3 Å². The molecule has 6 nitrogen and oxygen atoms in total. The molecule has 134 valence electrons. The third-order valence-electron chi connectivity index (χ3n) is 4.56. The molecule has 4 rings (SSSR count). The number of nitrogens with one attached hydrogen (secondary N) is 1. The molecule has 0 aliphatic carbocycles. The molecular weight excluding hydrogens is 330 g/mol. The zero-order valence-electron chi connectivity index (χ0n) is 14.9. The molecule has 1 aromatic carbocycles. The summed E-state index contributed by atoms with van der Waals surface area (Å²) in [7, 11) is 2.07. The first-order valence-electron chi connectivity index (χ1n) is 8.78. The van der Waals surface area contributed by atoms with E-state index in [4.69, 9.17) is 9.47 Å². The van der Waals surface area contributed by atoms with Crippen molar-refractivity contribution in [1.29, 1.82) is 0 Å². The maximum Gasteiger partial charge on any atom is 0.258 e. The average molecular weight is 352 g/mol. The monoisotopic (exact) mass is 352 g/mol. The molecule has 0 bridgehead atoms. The second kappa shape index (κ2) is 6.80. The van der Waals surface area contributed by atoms with Crippen LogP contribution in [0, 0.1) is 6.92 Å². The molecule has 0 amide bonds. The zero-order chi connectivity index (χ0) is 18.1. The predicted molar refractivity (Wildman–Crippen MR) is 98.0 cm³/mol. The zero-order valence-corrected chi connectivity index (χ0v) is 14.9. The summed E-state index contributed by atoms with van der Waals surface area (Å²) >= 11 is 0. The van der Waals surface area contributed by atoms with Gasteiger partial charge in [0.25, 0.3) is 5.56 Å². The molecule has 0 radical (unpaired) electrons. The summed E-state index contributed by atoms with van der Waals surface area (Å²) in [5.41, 5.74) is 2.32. The smallest absolute Gasteiger partial charge is 0.258 e. The summed E-state index contributed by atoms with van der Waals surface area (Å²) in [6.45, 7) is 3.86. The minimum absolute atomic E-state index is 0.0197. The van der Waals surface area contributed by atoms with Crippen LogP contribution in [0.15, 0.2) is 53.3 Å². The molecule has 3 aromatic rings. The van der Waals surface area contributed by atoms with Gasteiger partial charge in [-0.2, -0.15) is 0 Å². The minimum atomic E-state index is -0.0397. The fourth-order valence-electron chi connectivity index (χ4n) is 3.39. The van der Waals surface area contributed by atoms with Crippen molar-refractivity contribution in [1.82, 2.24) is 9.38 Å². The van der Waals surface area contributed by atoms with Gasteiger partial charge in [-0.05, 0) is 31.2 Å². The van der Waals surface area contributed by atoms with Crippen molar-refractivity contribution in [2.24, 2.45) is 0 Å². The first kappa shape index (κ1) is 16.6. The van der Waals surface area contributed by atoms with Crippen molar-refractivity contribution in [2.75, 3.05) is 20.2 Å². The van der Waals surface area contributed by atoms with E-state index < -0.39 is 0 Å². The largest absolute Gasteiger partial charge is 0.486 e. The van der Waals surface area contributed by atoms with E-state index in [-0.39, 0.29) is 11.7 Å². The van der Waals surface area contributed by atoms with E-state index in [1.807, 2.05) is 49.4 Å². The second-order valence-electron chi connectivity index (χ2n) is 6.78. The van der Waals surface area contributed by atoms with E-state index in [1.54, 1.807) is 10.5 Å². The molecule has 0 saturated carbocycles. The van der Waals surface area contributed by atoms with Crippen LogP contribution in [0.3, 0.4) is 0 Å². The normalized spacial score (nSPS) is 17.2. The van der Waals surface area contributed by atoms with Gasteiger partial charge in [-0.25, -0.2) is 4.98 Å². The highest BCUT2D eigenvalue weighted by Gasteiger charge is 2.24. The Balaban J connectivity index is 1.46. The summed E-state index contributed by atoms with van der Waals surface area (Å²) in [6, 6.07) is 15.0. The number of pyridine rings is 1. The van der Waals surface area contributed by atoms with Crippen LogP contribution in [0.25, 0.3) is 5.65 Å². The van der Waals surface area contributed by atoms with Crippen LogP contribution in [0.5, 0.6) is 11.5 Å². The van der Waals surface area contributed by atoms with Crippen LogP contribution in [0.1, 0.15) is 11.4 Å². The predicted octanol–water partition coefficient (Wildman–Crippen LogP) is 0.858. The van der Waals surface area contributed by atoms with Gasteiger partial charge in [0.1, 0.15) is 31.0 Å². The highest BCUT2D eigenvalue weighted by Crippen LogP contribution is 2.30. The Morgan fingerprint density at radius 2 is 2.00 bits per heavy atom. The van der Waals surface area contributed by atoms with E-state index >= 15 is 0 Å². The summed E-state index contributed by atoms with van der Waals surface area (Å²) in [5.74, 6) is 1.58. The summed E-state index contributed by atoms with van der Waals surface area (Å²) in [5, 5.41) is 0. The Hall–Kier alpha value is -2.86. The van der Waals surface area contributed by atoms with Crippen molar-refractivity contribution < 1.29 is 14.4 Å². The van der Waals surface area contributed by atoms with Gasteiger partial charge in [0.15, 0.2) is 17.6 Å². The maximum atomic E-state index is 12.4. The van der Waals surface area contributed by atoms with Crippen molar-refractivity contribution in [3.8, 4) is 11.5 Å². The fourth-order valence-corrected chi connectivity index (χ4v) is 3.39. The number of hydrogen-bond donors (Lipinski definition) is 1. The molecular formula is C20H22N3O3+. The molecule has 2 aromatic heterocycles. The third kappa shape index (κ3) is 3.28. The van der Waals surface area contributed by atoms with Gasteiger partial charge in [-0.1, -0.05) is 18.2 Å². The number of hydrogen-bond acceptors (Lipinski definition) is 4. The molecule has 0 saturated heterocycles. The molecule has 1 unspecified atom stereocenters. The van der Waals surface area contributed by atoms with Gasteiger partial charge in [0.05, 0.1) is 7.05 Å². The van der Waals surface area contributed by atoms with Gasteiger partial charge in [0, 0.05) is 11.8 Å². The van der Waals surface area contributed by atoms with E-state index in [9.17, 15) is 4.79 Å². The highest BCUT2D eigenvalue weighted by atomic mass is 16.6. The lowest BCUT2D eigenvalue weighted by atomic mass is 10.2. The van der Waals surface area contributed by atoms with Gasteiger partial charge < -0.3 is 14.4 Å². The lowest BCUT2D eigenvalue weighted by molar-refractivity contribution is -0.896. The van der Waals surface area contributed by atoms with E-state index in [0.717, 1.165) is 29.4 Å². The van der Waals surface area contributed by atoms with Crippen molar-refractivity contribution in [3.63, 3.8) is 0 Å². The second-order valence-corrected chi connectivity index (χ2v) is 6.78. The standard InChI is InChI=1S/C20H21N3O3/c1-14-6-5-9-19-21-15(10-20(24)23(14)19)11-22(2)12-16-13-25-17-7-3-4-8-18(17)26-16/h3-10,16H,11-13H2,1-2H3/p+1/t16-/m1/s1. The Bertz CT molecular complexity index is 999.